The van der Waals surface area contributed by atoms with E-state index in [1.165, 1.54) is 47.1 Å². The molecule has 2 N–H and O–H groups in total. The largest absolute Gasteiger partial charge is 0.464 e. The number of benzene rings is 2. The Hall–Kier alpha value is -2.96. The van der Waals surface area contributed by atoms with Crippen LogP contribution < -0.4 is 0 Å². The van der Waals surface area contributed by atoms with Crippen molar-refractivity contribution in [1.82, 2.24) is 0 Å². The second-order valence-electron chi connectivity index (χ2n) is 11.5. The zero-order valence-corrected chi connectivity index (χ0v) is 25.8. The van der Waals surface area contributed by atoms with Crippen molar-refractivity contribution in [3.8, 4) is 0 Å². The Morgan fingerprint density at radius 2 is 1.46 bits per heavy atom. The smallest absolute Gasteiger partial charge is 0.335 e. The molecular weight excluding hydrogens is 516 g/mol. The monoisotopic (exact) mass is 566 g/mol. The van der Waals surface area contributed by atoms with Gasteiger partial charge in [-0.05, 0) is 85.8 Å². The van der Waals surface area contributed by atoms with E-state index in [0.29, 0.717) is 0 Å². The zero-order valence-electron chi connectivity index (χ0n) is 25.8. The molecule has 0 fully saturated rings. The molecule has 41 heavy (non-hydrogen) atoms. The number of unbranched alkanes of at least 4 members (excludes halogenated alkanes) is 2. The highest BCUT2D eigenvalue weighted by atomic mass is 16.5. The fraction of sp³-hybridized carbons (Fsp3) is 0.543. The van der Waals surface area contributed by atoms with E-state index in [-0.39, 0.29) is 25.4 Å². The number of aryl methyl sites for hydroxylation is 5. The number of rotatable bonds is 18. The molecule has 0 heterocycles. The summed E-state index contributed by atoms with van der Waals surface area (Å²) in [5.74, 6) is -1.61. The van der Waals surface area contributed by atoms with Gasteiger partial charge in [0.15, 0.2) is 0 Å². The summed E-state index contributed by atoms with van der Waals surface area (Å²) >= 11 is 0. The van der Waals surface area contributed by atoms with Crippen LogP contribution in [-0.4, -0.2) is 48.6 Å². The lowest BCUT2D eigenvalue weighted by atomic mass is 9.91. The number of hydrogen-bond acceptors (Lipinski definition) is 6. The van der Waals surface area contributed by atoms with Gasteiger partial charge in [-0.3, -0.25) is 4.79 Å². The van der Waals surface area contributed by atoms with E-state index in [1.807, 2.05) is 6.07 Å². The molecular formula is C35H50O6. The van der Waals surface area contributed by atoms with Crippen molar-refractivity contribution in [2.45, 2.75) is 91.9 Å². The summed E-state index contributed by atoms with van der Waals surface area (Å²) in [5, 5.41) is 18.7. The second kappa shape index (κ2) is 17.1. The Balaban J connectivity index is 2.20. The van der Waals surface area contributed by atoms with Gasteiger partial charge in [-0.15, -0.1) is 0 Å². The standard InChI is InChI=1S/C35H50O6/c1-7-10-11-12-29-15-13-26(19-27(29)8-2)14-16-30-17-18-31(20-28(30)9-3)32(22-40-33(38)25(4)21-36)23-41-34(39)35(5,6)24-37/h13,15,17-20,32,36-37H,4,7-12,14,16,21-24H2,1-3,5-6H3. The topological polar surface area (TPSA) is 93.1 Å². The van der Waals surface area contributed by atoms with E-state index in [2.05, 4.69) is 57.7 Å². The number of carbonyl (C=O) groups excluding carboxylic acids is 2. The molecule has 0 aliphatic heterocycles. The molecule has 1 unspecified atom stereocenters. The lowest BCUT2D eigenvalue weighted by Crippen LogP contribution is -2.32. The van der Waals surface area contributed by atoms with Gasteiger partial charge in [0.05, 0.1) is 30.1 Å². The highest BCUT2D eigenvalue weighted by Gasteiger charge is 2.30. The van der Waals surface area contributed by atoms with Gasteiger partial charge >= 0.3 is 11.9 Å². The normalized spacial score (nSPS) is 12.2. The van der Waals surface area contributed by atoms with Crippen LogP contribution in [0.4, 0.5) is 0 Å². The summed E-state index contributed by atoms with van der Waals surface area (Å²) in [5.41, 5.74) is 6.57. The van der Waals surface area contributed by atoms with Crippen LogP contribution in [0.1, 0.15) is 93.2 Å². The maximum Gasteiger partial charge on any atom is 0.335 e. The maximum atomic E-state index is 12.5. The van der Waals surface area contributed by atoms with Gasteiger partial charge in [0.25, 0.3) is 0 Å². The number of esters is 2. The summed E-state index contributed by atoms with van der Waals surface area (Å²) in [6.45, 7) is 12.5. The fourth-order valence-electron chi connectivity index (χ4n) is 4.74. The van der Waals surface area contributed by atoms with Crippen molar-refractivity contribution in [2.75, 3.05) is 26.4 Å². The molecule has 0 aliphatic rings. The van der Waals surface area contributed by atoms with Crippen LogP contribution >= 0.6 is 0 Å². The van der Waals surface area contributed by atoms with Gasteiger partial charge in [0, 0.05) is 0 Å². The first-order valence-corrected chi connectivity index (χ1v) is 15.1. The zero-order chi connectivity index (χ0) is 30.4. The number of aliphatic hydroxyl groups is 2. The van der Waals surface area contributed by atoms with Crippen molar-refractivity contribution in [2.24, 2.45) is 5.41 Å². The van der Waals surface area contributed by atoms with Gasteiger partial charge < -0.3 is 19.7 Å². The minimum Gasteiger partial charge on any atom is -0.464 e. The average molecular weight is 567 g/mol. The van der Waals surface area contributed by atoms with Crippen molar-refractivity contribution < 1.29 is 29.3 Å². The lowest BCUT2D eigenvalue weighted by Gasteiger charge is -2.23. The van der Waals surface area contributed by atoms with Crippen LogP contribution in [0.25, 0.3) is 0 Å². The molecule has 2 rings (SSSR count). The number of aliphatic hydroxyl groups excluding tert-OH is 2. The third kappa shape index (κ3) is 10.4. The van der Waals surface area contributed by atoms with Crippen molar-refractivity contribution in [1.29, 1.82) is 0 Å². The minimum atomic E-state index is -1.03. The third-order valence-corrected chi connectivity index (χ3v) is 7.73. The molecule has 0 saturated heterocycles. The Morgan fingerprint density at radius 3 is 2.10 bits per heavy atom. The van der Waals surface area contributed by atoms with Gasteiger partial charge in [-0.1, -0.05) is 76.6 Å². The van der Waals surface area contributed by atoms with Crippen molar-refractivity contribution in [3.63, 3.8) is 0 Å². The molecule has 0 bridgehead atoms. The molecule has 0 amide bonds. The molecule has 0 radical (unpaired) electrons. The fourth-order valence-corrected chi connectivity index (χ4v) is 4.74. The van der Waals surface area contributed by atoms with Gasteiger partial charge in [-0.25, -0.2) is 4.79 Å². The highest BCUT2D eigenvalue weighted by Crippen LogP contribution is 2.25. The first-order valence-electron chi connectivity index (χ1n) is 15.1. The summed E-state index contributed by atoms with van der Waals surface area (Å²) in [4.78, 5) is 24.7. The molecule has 2 aromatic carbocycles. The summed E-state index contributed by atoms with van der Waals surface area (Å²) in [6, 6.07) is 13.2. The van der Waals surface area contributed by atoms with Crippen LogP contribution in [0.3, 0.4) is 0 Å². The van der Waals surface area contributed by atoms with E-state index in [9.17, 15) is 19.8 Å². The van der Waals surface area contributed by atoms with E-state index in [0.717, 1.165) is 37.7 Å². The predicted octanol–water partition coefficient (Wildman–Crippen LogP) is 6.07. The molecule has 0 aliphatic carbocycles. The molecule has 226 valence electrons. The van der Waals surface area contributed by atoms with Crippen molar-refractivity contribution >= 4 is 11.9 Å². The van der Waals surface area contributed by atoms with E-state index >= 15 is 0 Å². The lowest BCUT2D eigenvalue weighted by molar-refractivity contribution is -0.157. The molecule has 0 spiro atoms. The summed E-state index contributed by atoms with van der Waals surface area (Å²) in [6.07, 6.45) is 8.64. The Kier molecular flexibility index (Phi) is 14.3. The summed E-state index contributed by atoms with van der Waals surface area (Å²) < 4.78 is 10.9. The first kappa shape index (κ1) is 34.2. The Labute approximate surface area is 246 Å². The SMILES string of the molecule is C=C(CO)C(=O)OCC(COC(=O)C(C)(C)CO)c1ccc(CCc2ccc(CCCCC)c(CC)c2)c(CC)c1. The number of hydrogen-bond donors (Lipinski definition) is 2. The molecule has 1 atom stereocenters. The van der Waals surface area contributed by atoms with Crippen LogP contribution in [-0.2, 0) is 51.2 Å². The van der Waals surface area contributed by atoms with Crippen LogP contribution in [0.5, 0.6) is 0 Å². The molecule has 6 nitrogen and oxygen atoms in total. The van der Waals surface area contributed by atoms with Gasteiger partial charge in [0.1, 0.15) is 13.2 Å². The third-order valence-electron chi connectivity index (χ3n) is 7.73. The Morgan fingerprint density at radius 1 is 0.829 bits per heavy atom. The average Bonchev–Trinajstić information content (AvgIpc) is 2.99. The minimum absolute atomic E-state index is 0.00591. The highest BCUT2D eigenvalue weighted by molar-refractivity contribution is 5.87. The van der Waals surface area contributed by atoms with Crippen LogP contribution in [0.15, 0.2) is 48.6 Å². The molecule has 0 aromatic heterocycles. The first-order chi connectivity index (χ1) is 19.6. The predicted molar refractivity (Wildman–Crippen MR) is 164 cm³/mol. The van der Waals surface area contributed by atoms with E-state index < -0.39 is 29.9 Å². The van der Waals surface area contributed by atoms with E-state index in [1.54, 1.807) is 13.8 Å². The van der Waals surface area contributed by atoms with Gasteiger partial charge in [0.2, 0.25) is 0 Å². The second-order valence-corrected chi connectivity index (χ2v) is 11.5. The van der Waals surface area contributed by atoms with Crippen molar-refractivity contribution in [3.05, 3.63) is 81.9 Å². The number of carbonyl (C=O) groups is 2. The molecule has 6 heteroatoms. The molecule has 0 saturated carbocycles. The molecule has 2 aromatic rings. The maximum absolute atomic E-state index is 12.5. The number of ether oxygens (including phenoxy) is 2. The summed E-state index contributed by atoms with van der Waals surface area (Å²) in [7, 11) is 0. The van der Waals surface area contributed by atoms with Crippen LogP contribution in [0, 0.1) is 5.41 Å². The quantitative estimate of drug-likeness (QED) is 0.129. The Bertz CT molecular complexity index is 1150. The van der Waals surface area contributed by atoms with Gasteiger partial charge in [-0.2, -0.15) is 0 Å². The van der Waals surface area contributed by atoms with Crippen LogP contribution in [0.2, 0.25) is 0 Å². The van der Waals surface area contributed by atoms with E-state index in [4.69, 9.17) is 9.47 Å².